The molecule has 4 nitrogen and oxygen atoms in total. The van der Waals surface area contributed by atoms with Crippen LogP contribution in [0.2, 0.25) is 0 Å². The topological polar surface area (TPSA) is 61.6 Å². The van der Waals surface area contributed by atoms with Crippen molar-refractivity contribution >= 4 is 11.7 Å². The molecule has 1 heterocycles. The molecule has 0 aliphatic carbocycles. The highest BCUT2D eigenvalue weighted by atomic mass is 19.2. The van der Waals surface area contributed by atoms with E-state index in [1.165, 1.54) is 0 Å². The van der Waals surface area contributed by atoms with Crippen LogP contribution in [0.25, 0.3) is 0 Å². The molecule has 0 radical (unpaired) electrons. The summed E-state index contributed by atoms with van der Waals surface area (Å²) in [7, 11) is 0. The monoisotopic (exact) mass is 257 g/mol. The highest BCUT2D eigenvalue weighted by molar-refractivity contribution is 5.95. The van der Waals surface area contributed by atoms with Crippen LogP contribution in [0.1, 0.15) is 23.2 Å². The number of anilines is 1. The molecular formula is C12H13F2NO3. The van der Waals surface area contributed by atoms with Crippen LogP contribution in [0.3, 0.4) is 0 Å². The molecule has 1 aliphatic heterocycles. The maximum Gasteiger partial charge on any atom is 0.340 e. The summed E-state index contributed by atoms with van der Waals surface area (Å²) in [6.07, 6.45) is 1.12. The average molecular weight is 257 g/mol. The highest BCUT2D eigenvalue weighted by Gasteiger charge is 2.22. The number of benzene rings is 1. The fraction of sp³-hybridized carbons (Fsp3) is 0.417. The zero-order chi connectivity index (χ0) is 13.1. The van der Waals surface area contributed by atoms with Crippen LogP contribution in [0.15, 0.2) is 12.1 Å². The molecule has 1 aromatic carbocycles. The molecule has 1 unspecified atom stereocenters. The molecule has 0 spiro atoms. The summed E-state index contributed by atoms with van der Waals surface area (Å²) in [5.74, 6) is -2.98. The summed E-state index contributed by atoms with van der Waals surface area (Å²) < 4.78 is 36.2. The van der Waals surface area contributed by atoms with Gasteiger partial charge < -0.3 is 15.2 Å². The second-order valence-corrected chi connectivity index (χ2v) is 4.10. The molecule has 1 saturated heterocycles. The van der Waals surface area contributed by atoms with Crippen LogP contribution in [0.5, 0.6) is 0 Å². The van der Waals surface area contributed by atoms with E-state index in [4.69, 9.17) is 15.2 Å². The van der Waals surface area contributed by atoms with E-state index in [9.17, 15) is 13.6 Å². The Morgan fingerprint density at radius 2 is 2.11 bits per heavy atom. The number of ether oxygens (including phenoxy) is 2. The summed E-state index contributed by atoms with van der Waals surface area (Å²) in [6, 6.07) is 1.51. The number of nitrogen functional groups attached to an aromatic ring is 1. The van der Waals surface area contributed by atoms with Crippen LogP contribution < -0.4 is 5.73 Å². The molecule has 6 heteroatoms. The van der Waals surface area contributed by atoms with Crippen molar-refractivity contribution in [3.05, 3.63) is 29.3 Å². The van der Waals surface area contributed by atoms with E-state index in [0.717, 1.165) is 18.6 Å². The molecule has 1 aliphatic rings. The number of rotatable bonds is 2. The number of esters is 1. The highest BCUT2D eigenvalue weighted by Crippen LogP contribution is 2.20. The quantitative estimate of drug-likeness (QED) is 0.649. The zero-order valence-corrected chi connectivity index (χ0v) is 9.62. The van der Waals surface area contributed by atoms with Crippen LogP contribution in [0, 0.1) is 11.6 Å². The molecule has 1 atom stereocenters. The largest absolute Gasteiger partial charge is 0.456 e. The van der Waals surface area contributed by atoms with Gasteiger partial charge in [-0.2, -0.15) is 0 Å². The van der Waals surface area contributed by atoms with Crippen molar-refractivity contribution in [1.82, 2.24) is 0 Å². The third-order valence-electron chi connectivity index (χ3n) is 2.70. The van der Waals surface area contributed by atoms with Crippen LogP contribution >= 0.6 is 0 Å². The third-order valence-corrected chi connectivity index (χ3v) is 2.70. The lowest BCUT2D eigenvalue weighted by atomic mass is 10.1. The molecule has 98 valence electrons. The van der Waals surface area contributed by atoms with Gasteiger partial charge in [-0.15, -0.1) is 0 Å². The van der Waals surface area contributed by atoms with Crippen LogP contribution in [-0.4, -0.2) is 25.3 Å². The predicted molar refractivity (Wildman–Crippen MR) is 60.0 cm³/mol. The molecule has 0 bridgehead atoms. The second-order valence-electron chi connectivity index (χ2n) is 4.10. The number of hydrogen-bond acceptors (Lipinski definition) is 4. The average Bonchev–Trinajstić information content (AvgIpc) is 2.35. The number of carbonyl (C=O) groups is 1. The molecular weight excluding hydrogens is 244 g/mol. The molecule has 0 saturated carbocycles. The van der Waals surface area contributed by atoms with E-state index in [0.29, 0.717) is 19.6 Å². The lowest BCUT2D eigenvalue weighted by molar-refractivity contribution is -0.0305. The minimum absolute atomic E-state index is 0.143. The predicted octanol–water partition coefficient (Wildman–Crippen LogP) is 1.88. The first-order valence-corrected chi connectivity index (χ1v) is 5.61. The Labute approximate surface area is 103 Å². The molecule has 2 rings (SSSR count). The SMILES string of the molecule is Nc1cc(F)c(F)cc1C(=O)OC1CCCOC1. The van der Waals surface area contributed by atoms with Crippen molar-refractivity contribution in [2.24, 2.45) is 0 Å². The molecule has 1 fully saturated rings. The fourth-order valence-corrected chi connectivity index (χ4v) is 1.76. The van der Waals surface area contributed by atoms with Crippen molar-refractivity contribution in [2.75, 3.05) is 18.9 Å². The summed E-state index contributed by atoms with van der Waals surface area (Å²) in [5, 5.41) is 0. The second kappa shape index (κ2) is 5.30. The third kappa shape index (κ3) is 2.76. The Hall–Kier alpha value is -1.69. The first-order valence-electron chi connectivity index (χ1n) is 5.61. The zero-order valence-electron chi connectivity index (χ0n) is 9.62. The Balaban J connectivity index is 2.10. The van der Waals surface area contributed by atoms with Crippen LogP contribution in [-0.2, 0) is 9.47 Å². The van der Waals surface area contributed by atoms with Gasteiger partial charge in [0, 0.05) is 18.4 Å². The lowest BCUT2D eigenvalue weighted by Gasteiger charge is -2.22. The fourth-order valence-electron chi connectivity index (χ4n) is 1.76. The Bertz CT molecular complexity index is 459. The minimum atomic E-state index is -1.13. The van der Waals surface area contributed by atoms with Gasteiger partial charge >= 0.3 is 5.97 Å². The normalized spacial score (nSPS) is 19.6. The summed E-state index contributed by atoms with van der Waals surface area (Å²) in [4.78, 5) is 11.8. The van der Waals surface area contributed by atoms with Gasteiger partial charge in [-0.05, 0) is 18.9 Å². The van der Waals surface area contributed by atoms with E-state index in [2.05, 4.69) is 0 Å². The Morgan fingerprint density at radius 3 is 2.78 bits per heavy atom. The summed E-state index contributed by atoms with van der Waals surface area (Å²) in [5.41, 5.74) is 5.15. The smallest absolute Gasteiger partial charge is 0.340 e. The number of carbonyl (C=O) groups excluding carboxylic acids is 1. The van der Waals surface area contributed by atoms with Gasteiger partial charge in [0.05, 0.1) is 12.2 Å². The molecule has 1 aromatic rings. The maximum absolute atomic E-state index is 13.0. The van der Waals surface area contributed by atoms with E-state index < -0.39 is 17.6 Å². The first-order chi connectivity index (χ1) is 8.58. The molecule has 0 amide bonds. The van der Waals surface area contributed by atoms with E-state index in [-0.39, 0.29) is 17.4 Å². The molecule has 0 aromatic heterocycles. The van der Waals surface area contributed by atoms with Crippen LogP contribution in [0.4, 0.5) is 14.5 Å². The standard InChI is InChI=1S/C12H13F2NO3/c13-9-4-8(11(15)5-10(9)14)12(16)18-7-2-1-3-17-6-7/h4-5,7H,1-3,6,15H2. The van der Waals surface area contributed by atoms with E-state index in [1.807, 2.05) is 0 Å². The van der Waals surface area contributed by atoms with Gasteiger partial charge in [0.1, 0.15) is 6.10 Å². The van der Waals surface area contributed by atoms with Gasteiger partial charge in [0.25, 0.3) is 0 Å². The van der Waals surface area contributed by atoms with E-state index >= 15 is 0 Å². The molecule has 2 N–H and O–H groups in total. The van der Waals surface area contributed by atoms with Crippen molar-refractivity contribution in [1.29, 1.82) is 0 Å². The molecule has 18 heavy (non-hydrogen) atoms. The van der Waals surface area contributed by atoms with Gasteiger partial charge in [0.15, 0.2) is 11.6 Å². The summed E-state index contributed by atoms with van der Waals surface area (Å²) in [6.45, 7) is 0.955. The minimum Gasteiger partial charge on any atom is -0.456 e. The number of hydrogen-bond donors (Lipinski definition) is 1. The van der Waals surface area contributed by atoms with Crippen molar-refractivity contribution in [3.8, 4) is 0 Å². The van der Waals surface area contributed by atoms with E-state index in [1.54, 1.807) is 0 Å². The van der Waals surface area contributed by atoms with Gasteiger partial charge in [-0.25, -0.2) is 13.6 Å². The van der Waals surface area contributed by atoms with Crippen molar-refractivity contribution < 1.29 is 23.0 Å². The number of nitrogens with two attached hydrogens (primary N) is 1. The van der Waals surface area contributed by atoms with Gasteiger partial charge in [0.2, 0.25) is 0 Å². The van der Waals surface area contributed by atoms with Gasteiger partial charge in [-0.1, -0.05) is 0 Å². The van der Waals surface area contributed by atoms with Gasteiger partial charge in [-0.3, -0.25) is 0 Å². The van der Waals surface area contributed by atoms with Crippen molar-refractivity contribution in [3.63, 3.8) is 0 Å². The van der Waals surface area contributed by atoms with Crippen molar-refractivity contribution in [2.45, 2.75) is 18.9 Å². The first kappa shape index (κ1) is 12.8. The Morgan fingerprint density at radius 1 is 1.39 bits per heavy atom. The summed E-state index contributed by atoms with van der Waals surface area (Å²) >= 11 is 0. The maximum atomic E-state index is 13.0. The lowest BCUT2D eigenvalue weighted by Crippen LogP contribution is -2.28. The number of halogens is 2. The Kier molecular flexibility index (Phi) is 3.76.